The van der Waals surface area contributed by atoms with Crippen molar-refractivity contribution in [2.24, 2.45) is 0 Å². The van der Waals surface area contributed by atoms with Crippen molar-refractivity contribution in [1.82, 2.24) is 9.97 Å². The fourth-order valence-electron chi connectivity index (χ4n) is 1.63. The van der Waals surface area contributed by atoms with Gasteiger partial charge in [-0.2, -0.15) is 0 Å². The highest BCUT2D eigenvalue weighted by molar-refractivity contribution is 5.89. The number of nitrogens with zero attached hydrogens (tertiary/aromatic N) is 2. The number of aromatic carboxylic acids is 1. The third-order valence-corrected chi connectivity index (χ3v) is 2.82. The molecule has 0 unspecified atom stereocenters. The molecule has 0 bridgehead atoms. The lowest BCUT2D eigenvalue weighted by molar-refractivity contribution is 0.0696. The van der Waals surface area contributed by atoms with E-state index in [-0.39, 0.29) is 5.56 Å². The van der Waals surface area contributed by atoms with E-state index < -0.39 is 5.97 Å². The van der Waals surface area contributed by atoms with Crippen molar-refractivity contribution in [2.45, 2.75) is 20.8 Å². The van der Waals surface area contributed by atoms with Gasteiger partial charge < -0.3 is 9.84 Å². The van der Waals surface area contributed by atoms with Gasteiger partial charge in [-0.25, -0.2) is 9.78 Å². The summed E-state index contributed by atoms with van der Waals surface area (Å²) >= 11 is 0. The number of carboxylic acid groups (broad SMARTS) is 1. The predicted molar refractivity (Wildman–Crippen MR) is 69.7 cm³/mol. The molecule has 5 heteroatoms. The van der Waals surface area contributed by atoms with E-state index >= 15 is 0 Å². The molecule has 1 heterocycles. The van der Waals surface area contributed by atoms with Crippen molar-refractivity contribution in [3.05, 3.63) is 46.9 Å². The maximum Gasteiger partial charge on any atom is 0.335 e. The molecule has 19 heavy (non-hydrogen) atoms. The molecule has 0 aliphatic carbocycles. The van der Waals surface area contributed by atoms with Crippen molar-refractivity contribution in [2.75, 3.05) is 0 Å². The summed E-state index contributed by atoms with van der Waals surface area (Å²) in [5.74, 6) is -0.0133. The van der Waals surface area contributed by atoms with Gasteiger partial charge in [-0.3, -0.25) is 4.98 Å². The van der Waals surface area contributed by atoms with E-state index in [9.17, 15) is 4.79 Å². The summed E-state index contributed by atoms with van der Waals surface area (Å²) in [4.78, 5) is 19.3. The molecule has 0 saturated heterocycles. The van der Waals surface area contributed by atoms with Crippen LogP contribution in [0.3, 0.4) is 0 Å². The summed E-state index contributed by atoms with van der Waals surface area (Å²) in [6, 6.07) is 4.79. The van der Waals surface area contributed by atoms with Crippen LogP contribution in [0.5, 0.6) is 11.6 Å². The van der Waals surface area contributed by atoms with Crippen LogP contribution >= 0.6 is 0 Å². The van der Waals surface area contributed by atoms with Crippen molar-refractivity contribution in [3.8, 4) is 11.6 Å². The van der Waals surface area contributed by atoms with Gasteiger partial charge in [0.1, 0.15) is 5.75 Å². The first-order chi connectivity index (χ1) is 8.97. The smallest absolute Gasteiger partial charge is 0.335 e. The Morgan fingerprint density at radius 2 is 1.95 bits per heavy atom. The van der Waals surface area contributed by atoms with Crippen LogP contribution in [0.4, 0.5) is 0 Å². The molecule has 0 fully saturated rings. The normalized spacial score (nSPS) is 10.3. The van der Waals surface area contributed by atoms with Gasteiger partial charge in [-0.05, 0) is 44.5 Å². The van der Waals surface area contributed by atoms with Gasteiger partial charge >= 0.3 is 5.97 Å². The number of carbonyl (C=O) groups is 1. The Balaban J connectivity index is 2.26. The molecule has 0 spiro atoms. The molecule has 0 saturated carbocycles. The van der Waals surface area contributed by atoms with Gasteiger partial charge in [0, 0.05) is 0 Å². The van der Waals surface area contributed by atoms with Crippen LogP contribution in [0.1, 0.15) is 27.3 Å². The van der Waals surface area contributed by atoms with Crippen LogP contribution in [0.25, 0.3) is 0 Å². The zero-order valence-corrected chi connectivity index (χ0v) is 11.0. The van der Waals surface area contributed by atoms with Crippen molar-refractivity contribution in [3.63, 3.8) is 0 Å². The van der Waals surface area contributed by atoms with Gasteiger partial charge in [0.2, 0.25) is 5.88 Å². The quantitative estimate of drug-likeness (QED) is 0.916. The topological polar surface area (TPSA) is 72.3 Å². The summed E-state index contributed by atoms with van der Waals surface area (Å²) in [6.07, 6.45) is 1.54. The largest absolute Gasteiger partial charge is 0.478 e. The lowest BCUT2D eigenvalue weighted by Crippen LogP contribution is -2.00. The van der Waals surface area contributed by atoms with Crippen LogP contribution in [0.2, 0.25) is 0 Å². The molecule has 0 aliphatic rings. The number of aryl methyl sites for hydroxylation is 3. The molecule has 0 amide bonds. The Bertz CT molecular complexity index is 639. The Morgan fingerprint density at radius 3 is 2.53 bits per heavy atom. The zero-order chi connectivity index (χ0) is 14.0. The second-order valence-corrected chi connectivity index (χ2v) is 4.26. The van der Waals surface area contributed by atoms with E-state index in [2.05, 4.69) is 9.97 Å². The minimum atomic E-state index is -0.949. The maximum atomic E-state index is 10.9. The van der Waals surface area contributed by atoms with E-state index in [0.717, 1.165) is 11.4 Å². The lowest BCUT2D eigenvalue weighted by atomic mass is 10.1. The molecule has 1 aromatic heterocycles. The van der Waals surface area contributed by atoms with E-state index in [1.165, 1.54) is 6.07 Å². The molecule has 2 aromatic rings. The molecule has 5 nitrogen and oxygen atoms in total. The number of hydrogen-bond donors (Lipinski definition) is 1. The first-order valence-corrected chi connectivity index (χ1v) is 5.79. The summed E-state index contributed by atoms with van der Waals surface area (Å²) < 4.78 is 5.56. The number of benzene rings is 1. The number of aromatic nitrogens is 2. The van der Waals surface area contributed by atoms with Crippen LogP contribution in [0, 0.1) is 20.8 Å². The number of rotatable bonds is 3. The van der Waals surface area contributed by atoms with Gasteiger partial charge in [-0.1, -0.05) is 0 Å². The number of hydrogen-bond acceptors (Lipinski definition) is 4. The highest BCUT2D eigenvalue weighted by Crippen LogP contribution is 2.22. The van der Waals surface area contributed by atoms with Gasteiger partial charge in [0.25, 0.3) is 0 Å². The molecular weight excluding hydrogens is 244 g/mol. The van der Waals surface area contributed by atoms with Crippen LogP contribution in [-0.4, -0.2) is 21.0 Å². The van der Waals surface area contributed by atoms with Crippen LogP contribution in [0.15, 0.2) is 24.4 Å². The van der Waals surface area contributed by atoms with Crippen molar-refractivity contribution < 1.29 is 14.6 Å². The Kier molecular flexibility index (Phi) is 3.46. The molecule has 0 atom stereocenters. The van der Waals surface area contributed by atoms with Crippen LogP contribution in [-0.2, 0) is 0 Å². The van der Waals surface area contributed by atoms with Crippen LogP contribution < -0.4 is 4.74 Å². The van der Waals surface area contributed by atoms with Crippen molar-refractivity contribution >= 4 is 5.97 Å². The second kappa shape index (κ2) is 5.06. The second-order valence-electron chi connectivity index (χ2n) is 4.26. The summed E-state index contributed by atoms with van der Waals surface area (Å²) in [7, 11) is 0. The highest BCUT2D eigenvalue weighted by atomic mass is 16.5. The maximum absolute atomic E-state index is 10.9. The molecule has 1 N–H and O–H groups in total. The standard InChI is InChI=1S/C14H14N2O3/c1-8-6-11(4-5-12(8)14(17)18)19-13-7-15-9(2)10(3)16-13/h4-7H,1-3H3,(H,17,18). The van der Waals surface area contributed by atoms with Crippen molar-refractivity contribution in [1.29, 1.82) is 0 Å². The Labute approximate surface area is 110 Å². The minimum Gasteiger partial charge on any atom is -0.478 e. The van der Waals surface area contributed by atoms with Gasteiger partial charge in [0.05, 0.1) is 23.1 Å². The lowest BCUT2D eigenvalue weighted by Gasteiger charge is -2.08. The van der Waals surface area contributed by atoms with Gasteiger partial charge in [0.15, 0.2) is 0 Å². The molecule has 98 valence electrons. The summed E-state index contributed by atoms with van der Waals surface area (Å²) in [6.45, 7) is 5.45. The molecule has 2 rings (SSSR count). The molecule has 1 aromatic carbocycles. The van der Waals surface area contributed by atoms with E-state index in [1.807, 2.05) is 13.8 Å². The first-order valence-electron chi connectivity index (χ1n) is 5.79. The SMILES string of the molecule is Cc1cc(Oc2cnc(C)c(C)n2)ccc1C(=O)O. The number of ether oxygens (including phenoxy) is 1. The van der Waals surface area contributed by atoms with Gasteiger partial charge in [-0.15, -0.1) is 0 Å². The average molecular weight is 258 g/mol. The predicted octanol–water partition coefficient (Wildman–Crippen LogP) is 2.89. The zero-order valence-electron chi connectivity index (χ0n) is 11.0. The minimum absolute atomic E-state index is 0.263. The highest BCUT2D eigenvalue weighted by Gasteiger charge is 2.09. The first kappa shape index (κ1) is 13.0. The van der Waals surface area contributed by atoms with E-state index in [4.69, 9.17) is 9.84 Å². The third-order valence-electron chi connectivity index (χ3n) is 2.82. The Morgan fingerprint density at radius 1 is 1.21 bits per heavy atom. The fraction of sp³-hybridized carbons (Fsp3) is 0.214. The monoisotopic (exact) mass is 258 g/mol. The molecule has 0 aliphatic heterocycles. The summed E-state index contributed by atoms with van der Waals surface area (Å²) in [5.41, 5.74) is 2.56. The molecular formula is C14H14N2O3. The Hall–Kier alpha value is -2.43. The van der Waals surface area contributed by atoms with E-state index in [0.29, 0.717) is 17.2 Å². The molecule has 0 radical (unpaired) electrons. The van der Waals surface area contributed by atoms with E-state index in [1.54, 1.807) is 25.3 Å². The number of carboxylic acids is 1. The fourth-order valence-corrected chi connectivity index (χ4v) is 1.63. The third kappa shape index (κ3) is 2.88. The summed E-state index contributed by atoms with van der Waals surface area (Å²) in [5, 5.41) is 8.95. The average Bonchev–Trinajstić information content (AvgIpc) is 2.33.